The summed E-state index contributed by atoms with van der Waals surface area (Å²) >= 11 is 6.53. The first-order valence-corrected chi connectivity index (χ1v) is 9.81. The molecule has 0 bridgehead atoms. The second-order valence-electron chi connectivity index (χ2n) is 7.29. The number of anilines is 1. The largest absolute Gasteiger partial charge is 0.328 e. The van der Waals surface area contributed by atoms with Crippen molar-refractivity contribution in [2.45, 2.75) is 32.2 Å². The zero-order valence-corrected chi connectivity index (χ0v) is 16.2. The first-order valence-electron chi connectivity index (χ1n) is 9.43. The van der Waals surface area contributed by atoms with Crippen LogP contribution in [0, 0.1) is 6.92 Å². The number of aromatic nitrogens is 3. The second kappa shape index (κ2) is 6.60. The number of carbonyl (C=O) groups excluding carboxylic acids is 1. The summed E-state index contributed by atoms with van der Waals surface area (Å²) in [4.78, 5) is 17.6. The Balaban J connectivity index is 1.71. The molecule has 6 heteroatoms. The van der Waals surface area contributed by atoms with E-state index in [4.69, 9.17) is 21.7 Å². The number of allylic oxidation sites excluding steroid dienone is 2. The van der Waals surface area contributed by atoms with E-state index >= 15 is 0 Å². The molecule has 5 rings (SSSR count). The average Bonchev–Trinajstić information content (AvgIpc) is 3.11. The fourth-order valence-corrected chi connectivity index (χ4v) is 4.29. The van der Waals surface area contributed by atoms with Gasteiger partial charge in [-0.05, 0) is 31.9 Å². The Bertz CT molecular complexity index is 1130. The highest BCUT2D eigenvalue weighted by molar-refractivity contribution is 6.31. The van der Waals surface area contributed by atoms with Gasteiger partial charge in [0.15, 0.2) is 11.6 Å². The standard InChI is InChI=1S/C22H19ClN4O/c1-13-6-4-7-14(12-13)21-25-22-24-17-10-5-11-18(28)19(17)20(27(22)26-21)15-8-2-3-9-16(15)23/h2-4,6-9,12,20H,5,10-11H2,1H3,(H,24,25,26)/t20-/m0/s1. The summed E-state index contributed by atoms with van der Waals surface area (Å²) in [5, 5.41) is 8.77. The van der Waals surface area contributed by atoms with Crippen LogP contribution in [-0.4, -0.2) is 20.5 Å². The van der Waals surface area contributed by atoms with Crippen molar-refractivity contribution >= 4 is 23.3 Å². The molecule has 0 radical (unpaired) electrons. The third-order valence-corrected chi connectivity index (χ3v) is 5.69. The molecule has 1 aliphatic carbocycles. The predicted octanol–water partition coefficient (Wildman–Crippen LogP) is 4.93. The first-order chi connectivity index (χ1) is 13.6. The summed E-state index contributed by atoms with van der Waals surface area (Å²) in [6.07, 6.45) is 2.23. The van der Waals surface area contributed by atoms with Gasteiger partial charge in [-0.2, -0.15) is 4.98 Å². The summed E-state index contributed by atoms with van der Waals surface area (Å²) in [6, 6.07) is 15.4. The van der Waals surface area contributed by atoms with Crippen LogP contribution in [0.15, 0.2) is 59.8 Å². The van der Waals surface area contributed by atoms with Crippen LogP contribution in [0.25, 0.3) is 11.4 Å². The quantitative estimate of drug-likeness (QED) is 0.674. The summed E-state index contributed by atoms with van der Waals surface area (Å²) in [6.45, 7) is 2.04. The molecule has 2 aliphatic rings. The molecule has 2 heterocycles. The monoisotopic (exact) mass is 390 g/mol. The van der Waals surface area contributed by atoms with Crippen LogP contribution in [0.2, 0.25) is 5.02 Å². The molecule has 0 fully saturated rings. The molecule has 3 aromatic rings. The van der Waals surface area contributed by atoms with E-state index in [1.54, 1.807) is 4.68 Å². The topological polar surface area (TPSA) is 59.8 Å². The van der Waals surface area contributed by atoms with Crippen LogP contribution in [-0.2, 0) is 4.79 Å². The number of benzene rings is 2. The number of nitrogens with one attached hydrogen (secondary N) is 1. The SMILES string of the molecule is Cc1cccc(-c2nc3n(n2)[C@@H](c2ccccc2Cl)C2=C(CCCC2=O)N3)c1. The Labute approximate surface area is 168 Å². The number of aryl methyl sites for hydroxylation is 1. The fourth-order valence-electron chi connectivity index (χ4n) is 4.05. The van der Waals surface area contributed by atoms with Crippen molar-refractivity contribution in [1.82, 2.24) is 14.8 Å². The summed E-state index contributed by atoms with van der Waals surface area (Å²) in [7, 11) is 0. The van der Waals surface area contributed by atoms with Gasteiger partial charge >= 0.3 is 0 Å². The molecule has 0 saturated heterocycles. The van der Waals surface area contributed by atoms with E-state index in [0.29, 0.717) is 23.2 Å². The number of hydrogen-bond acceptors (Lipinski definition) is 4. The van der Waals surface area contributed by atoms with Crippen molar-refractivity contribution in [3.63, 3.8) is 0 Å². The second-order valence-corrected chi connectivity index (χ2v) is 7.70. The lowest BCUT2D eigenvalue weighted by Gasteiger charge is -2.32. The van der Waals surface area contributed by atoms with Crippen LogP contribution >= 0.6 is 11.6 Å². The van der Waals surface area contributed by atoms with Crippen molar-refractivity contribution < 1.29 is 4.79 Å². The Morgan fingerprint density at radius 3 is 2.82 bits per heavy atom. The molecule has 28 heavy (non-hydrogen) atoms. The fraction of sp³-hybridized carbons (Fsp3) is 0.227. The Kier molecular flexibility index (Phi) is 4.05. The Morgan fingerprint density at radius 1 is 1.14 bits per heavy atom. The van der Waals surface area contributed by atoms with Gasteiger partial charge in [0.1, 0.15) is 6.04 Å². The highest BCUT2D eigenvalue weighted by Gasteiger charge is 2.37. The molecule has 140 valence electrons. The maximum absolute atomic E-state index is 12.9. The number of rotatable bonds is 2. The van der Waals surface area contributed by atoms with Crippen molar-refractivity contribution in [3.8, 4) is 11.4 Å². The zero-order chi connectivity index (χ0) is 19.3. The van der Waals surface area contributed by atoms with Crippen LogP contribution < -0.4 is 5.32 Å². The third-order valence-electron chi connectivity index (χ3n) is 5.34. The molecular formula is C22H19ClN4O. The normalized spacial score (nSPS) is 18.5. The molecule has 5 nitrogen and oxygen atoms in total. The van der Waals surface area contributed by atoms with E-state index < -0.39 is 0 Å². The lowest BCUT2D eigenvalue weighted by molar-refractivity contribution is -0.116. The molecule has 0 saturated carbocycles. The summed E-state index contributed by atoms with van der Waals surface area (Å²) < 4.78 is 1.81. The van der Waals surface area contributed by atoms with Gasteiger partial charge in [-0.3, -0.25) is 4.79 Å². The van der Waals surface area contributed by atoms with Gasteiger partial charge in [0, 0.05) is 33.8 Å². The van der Waals surface area contributed by atoms with Gasteiger partial charge in [-0.25, -0.2) is 4.68 Å². The first kappa shape index (κ1) is 17.2. The van der Waals surface area contributed by atoms with Crippen molar-refractivity contribution in [3.05, 3.63) is 76.0 Å². The maximum Gasteiger partial charge on any atom is 0.226 e. The van der Waals surface area contributed by atoms with Gasteiger partial charge in [0.05, 0.1) is 0 Å². The van der Waals surface area contributed by atoms with Gasteiger partial charge < -0.3 is 5.32 Å². The molecular weight excluding hydrogens is 372 g/mol. The van der Waals surface area contributed by atoms with E-state index in [1.165, 1.54) is 0 Å². The minimum atomic E-state index is -0.362. The summed E-state index contributed by atoms with van der Waals surface area (Å²) in [5.74, 6) is 1.43. The van der Waals surface area contributed by atoms with Gasteiger partial charge in [-0.1, -0.05) is 53.6 Å². The van der Waals surface area contributed by atoms with E-state index in [1.807, 2.05) is 49.4 Å². The van der Waals surface area contributed by atoms with E-state index in [0.717, 1.165) is 40.8 Å². The van der Waals surface area contributed by atoms with Crippen LogP contribution in [0.1, 0.15) is 36.4 Å². The smallest absolute Gasteiger partial charge is 0.226 e. The van der Waals surface area contributed by atoms with Crippen LogP contribution in [0.5, 0.6) is 0 Å². The number of carbonyl (C=O) groups is 1. The lowest BCUT2D eigenvalue weighted by Crippen LogP contribution is -2.31. The van der Waals surface area contributed by atoms with Crippen molar-refractivity contribution in [1.29, 1.82) is 0 Å². The van der Waals surface area contributed by atoms with Gasteiger partial charge in [0.25, 0.3) is 0 Å². The lowest BCUT2D eigenvalue weighted by atomic mass is 9.85. The molecule has 1 aromatic heterocycles. The van der Waals surface area contributed by atoms with Gasteiger partial charge in [0.2, 0.25) is 5.95 Å². The molecule has 1 aliphatic heterocycles. The number of nitrogens with zero attached hydrogens (tertiary/aromatic N) is 3. The minimum Gasteiger partial charge on any atom is -0.328 e. The molecule has 0 spiro atoms. The molecule has 2 aromatic carbocycles. The highest BCUT2D eigenvalue weighted by Crippen LogP contribution is 2.42. The van der Waals surface area contributed by atoms with Crippen molar-refractivity contribution in [2.24, 2.45) is 0 Å². The maximum atomic E-state index is 12.9. The van der Waals surface area contributed by atoms with E-state index in [2.05, 4.69) is 11.4 Å². The molecule has 0 unspecified atom stereocenters. The number of hydrogen-bond donors (Lipinski definition) is 1. The van der Waals surface area contributed by atoms with E-state index in [9.17, 15) is 4.79 Å². The number of ketones is 1. The Morgan fingerprint density at radius 2 is 2.00 bits per heavy atom. The molecule has 0 amide bonds. The third kappa shape index (κ3) is 2.74. The molecule has 1 atom stereocenters. The minimum absolute atomic E-state index is 0.150. The summed E-state index contributed by atoms with van der Waals surface area (Å²) in [5.41, 5.74) is 4.67. The van der Waals surface area contributed by atoms with Crippen molar-refractivity contribution in [2.75, 3.05) is 5.32 Å². The number of Topliss-reactive ketones (excluding diaryl/α,β-unsaturated/α-hetero) is 1. The van der Waals surface area contributed by atoms with Crippen LogP contribution in [0.4, 0.5) is 5.95 Å². The Hall–Kier alpha value is -2.92. The number of halogens is 1. The predicted molar refractivity (Wildman–Crippen MR) is 109 cm³/mol. The average molecular weight is 391 g/mol. The van der Waals surface area contributed by atoms with Gasteiger partial charge in [-0.15, -0.1) is 5.10 Å². The van der Waals surface area contributed by atoms with E-state index in [-0.39, 0.29) is 11.8 Å². The van der Waals surface area contributed by atoms with Crippen LogP contribution in [0.3, 0.4) is 0 Å². The highest BCUT2D eigenvalue weighted by atomic mass is 35.5. The molecule has 1 N–H and O–H groups in total. The number of fused-ring (bicyclic) bond motifs is 1. The zero-order valence-electron chi connectivity index (χ0n) is 15.4.